The molecule has 178 valence electrons. The zero-order chi connectivity index (χ0) is 25.5. The molecule has 0 saturated heterocycles. The van der Waals surface area contributed by atoms with E-state index in [4.69, 9.17) is 9.47 Å². The average Bonchev–Trinajstić information content (AvgIpc) is 2.83. The van der Waals surface area contributed by atoms with E-state index in [1.54, 1.807) is 37.3 Å². The van der Waals surface area contributed by atoms with Gasteiger partial charge in [0, 0.05) is 6.07 Å². The zero-order valence-corrected chi connectivity index (χ0v) is 20.3. The minimum absolute atomic E-state index is 0.0185. The minimum Gasteiger partial charge on any atom is -0.493 e. The van der Waals surface area contributed by atoms with Crippen LogP contribution in [0.5, 0.6) is 11.5 Å². The number of rotatable bonds is 8. The Hall–Kier alpha value is -4.23. The van der Waals surface area contributed by atoms with Crippen LogP contribution in [0.1, 0.15) is 16.7 Å². The summed E-state index contributed by atoms with van der Waals surface area (Å²) in [5.74, 6) is -0.434. The van der Waals surface area contributed by atoms with Crippen LogP contribution in [0.4, 0.5) is 15.8 Å². The molecule has 0 aromatic heterocycles. The molecular formula is C25H19BrFN3O5. The second-order valence-electron chi connectivity index (χ2n) is 7.35. The molecule has 0 spiro atoms. The maximum absolute atomic E-state index is 13.1. The summed E-state index contributed by atoms with van der Waals surface area (Å²) in [5, 5.41) is 23.3. The first kappa shape index (κ1) is 25.4. The van der Waals surface area contributed by atoms with Crippen LogP contribution in [-0.2, 0) is 11.4 Å². The van der Waals surface area contributed by atoms with Gasteiger partial charge in [0.15, 0.2) is 11.5 Å². The van der Waals surface area contributed by atoms with Crippen molar-refractivity contribution in [2.75, 3.05) is 12.4 Å². The molecule has 0 atom stereocenters. The predicted octanol–water partition coefficient (Wildman–Crippen LogP) is 5.94. The third kappa shape index (κ3) is 6.43. The summed E-state index contributed by atoms with van der Waals surface area (Å²) in [6.45, 7) is 1.85. The number of ether oxygens (including phenoxy) is 2. The number of hydrogen-bond acceptors (Lipinski definition) is 6. The van der Waals surface area contributed by atoms with Crippen molar-refractivity contribution in [2.24, 2.45) is 0 Å². The first-order valence-corrected chi connectivity index (χ1v) is 10.9. The fourth-order valence-electron chi connectivity index (χ4n) is 3.10. The van der Waals surface area contributed by atoms with Gasteiger partial charge in [-0.25, -0.2) is 4.39 Å². The van der Waals surface area contributed by atoms with E-state index in [-0.39, 0.29) is 29.4 Å². The lowest BCUT2D eigenvalue weighted by molar-refractivity contribution is -0.384. The van der Waals surface area contributed by atoms with Gasteiger partial charge in [-0.15, -0.1) is 0 Å². The fraction of sp³-hybridized carbons (Fsp3) is 0.120. The molecule has 0 saturated carbocycles. The number of aryl methyl sites for hydroxylation is 1. The smallest absolute Gasteiger partial charge is 0.293 e. The third-order valence-electron chi connectivity index (χ3n) is 4.82. The number of nitrogens with zero attached hydrogens (tertiary/aromatic N) is 2. The van der Waals surface area contributed by atoms with Gasteiger partial charge < -0.3 is 14.8 Å². The first-order valence-electron chi connectivity index (χ1n) is 10.1. The summed E-state index contributed by atoms with van der Waals surface area (Å²) in [7, 11) is 1.44. The van der Waals surface area contributed by atoms with E-state index in [0.29, 0.717) is 27.1 Å². The van der Waals surface area contributed by atoms with E-state index in [1.165, 1.54) is 37.5 Å². The van der Waals surface area contributed by atoms with Crippen molar-refractivity contribution in [3.63, 3.8) is 0 Å². The molecule has 0 aliphatic carbocycles. The Morgan fingerprint density at radius 2 is 1.94 bits per heavy atom. The number of anilines is 1. The Morgan fingerprint density at radius 1 is 1.23 bits per heavy atom. The molecule has 35 heavy (non-hydrogen) atoms. The van der Waals surface area contributed by atoms with Crippen molar-refractivity contribution >= 4 is 39.3 Å². The number of carbonyl (C=O) groups is 1. The Kier molecular flexibility index (Phi) is 8.17. The fourth-order valence-corrected chi connectivity index (χ4v) is 3.68. The number of benzene rings is 3. The molecule has 0 bridgehead atoms. The van der Waals surface area contributed by atoms with Crippen molar-refractivity contribution in [3.05, 3.63) is 97.3 Å². The van der Waals surface area contributed by atoms with Crippen molar-refractivity contribution in [1.82, 2.24) is 0 Å². The molecular weight excluding hydrogens is 521 g/mol. The number of halogens is 2. The summed E-state index contributed by atoms with van der Waals surface area (Å²) in [4.78, 5) is 23.4. The second-order valence-corrected chi connectivity index (χ2v) is 8.21. The highest BCUT2D eigenvalue weighted by molar-refractivity contribution is 9.10. The molecule has 0 aliphatic rings. The zero-order valence-electron chi connectivity index (χ0n) is 18.7. The Balaban J connectivity index is 1.84. The van der Waals surface area contributed by atoms with E-state index in [9.17, 15) is 24.6 Å². The SMILES string of the molecule is COc1cc(/C=C(\C#N)C(=O)Nc2ccc(C)cc2[N+](=O)[O-])cc(Br)c1OCc1ccc(F)cc1. The van der Waals surface area contributed by atoms with Crippen LogP contribution in [-0.4, -0.2) is 17.9 Å². The summed E-state index contributed by atoms with van der Waals surface area (Å²) < 4.78 is 24.8. The lowest BCUT2D eigenvalue weighted by Crippen LogP contribution is -2.14. The first-order chi connectivity index (χ1) is 16.7. The molecule has 0 unspecified atom stereocenters. The van der Waals surface area contributed by atoms with Crippen molar-refractivity contribution in [1.29, 1.82) is 5.26 Å². The number of nitriles is 1. The number of amides is 1. The van der Waals surface area contributed by atoms with Crippen molar-refractivity contribution < 1.29 is 23.6 Å². The number of carbonyl (C=O) groups excluding carboxylic acids is 1. The Morgan fingerprint density at radius 3 is 2.57 bits per heavy atom. The number of nitro groups is 1. The van der Waals surface area contributed by atoms with Gasteiger partial charge in [-0.2, -0.15) is 5.26 Å². The molecule has 10 heteroatoms. The predicted molar refractivity (Wildman–Crippen MR) is 131 cm³/mol. The van der Waals surface area contributed by atoms with Crippen LogP contribution in [0.2, 0.25) is 0 Å². The molecule has 0 radical (unpaired) electrons. The lowest BCUT2D eigenvalue weighted by atomic mass is 10.1. The van der Waals surface area contributed by atoms with E-state index in [2.05, 4.69) is 21.2 Å². The van der Waals surface area contributed by atoms with Gasteiger partial charge in [-0.05, 0) is 76.0 Å². The number of hydrogen-bond donors (Lipinski definition) is 1. The van der Waals surface area contributed by atoms with Crippen LogP contribution in [0.3, 0.4) is 0 Å². The molecule has 0 heterocycles. The molecule has 3 aromatic carbocycles. The monoisotopic (exact) mass is 539 g/mol. The molecule has 1 amide bonds. The molecule has 0 aliphatic heterocycles. The van der Waals surface area contributed by atoms with Gasteiger partial charge in [-0.3, -0.25) is 14.9 Å². The minimum atomic E-state index is -0.800. The van der Waals surface area contributed by atoms with E-state index < -0.39 is 10.8 Å². The maximum atomic E-state index is 13.1. The van der Waals surface area contributed by atoms with E-state index in [1.807, 2.05) is 6.07 Å². The largest absolute Gasteiger partial charge is 0.493 e. The average molecular weight is 540 g/mol. The maximum Gasteiger partial charge on any atom is 0.293 e. The van der Waals surface area contributed by atoms with Crippen LogP contribution in [0.15, 0.2) is 64.6 Å². The van der Waals surface area contributed by atoms with Crippen LogP contribution in [0, 0.1) is 34.2 Å². The molecule has 8 nitrogen and oxygen atoms in total. The van der Waals surface area contributed by atoms with Crippen molar-refractivity contribution in [2.45, 2.75) is 13.5 Å². The van der Waals surface area contributed by atoms with E-state index >= 15 is 0 Å². The Bertz CT molecular complexity index is 1350. The number of nitro benzene ring substituents is 1. The highest BCUT2D eigenvalue weighted by atomic mass is 79.9. The van der Waals surface area contributed by atoms with Gasteiger partial charge in [-0.1, -0.05) is 18.2 Å². The Labute approximate surface area is 208 Å². The van der Waals surface area contributed by atoms with Gasteiger partial charge in [0.05, 0.1) is 16.5 Å². The van der Waals surface area contributed by atoms with Crippen LogP contribution < -0.4 is 14.8 Å². The number of nitrogens with one attached hydrogen (secondary N) is 1. The van der Waals surface area contributed by atoms with E-state index in [0.717, 1.165) is 5.56 Å². The summed E-state index contributed by atoms with van der Waals surface area (Å²) in [6.07, 6.45) is 1.33. The highest BCUT2D eigenvalue weighted by Gasteiger charge is 2.19. The molecule has 0 fully saturated rings. The highest BCUT2D eigenvalue weighted by Crippen LogP contribution is 2.38. The molecule has 3 aromatic rings. The topological polar surface area (TPSA) is 114 Å². The van der Waals surface area contributed by atoms with Crippen LogP contribution in [0.25, 0.3) is 6.08 Å². The molecule has 3 rings (SSSR count). The second kappa shape index (κ2) is 11.3. The van der Waals surface area contributed by atoms with Gasteiger partial charge in [0.2, 0.25) is 0 Å². The summed E-state index contributed by atoms with van der Waals surface area (Å²) in [6, 6.07) is 15.2. The standard InChI is InChI=1S/C25H19BrFN3O5/c1-15-3-8-21(22(9-15)30(32)33)29-25(31)18(13-28)10-17-11-20(26)24(23(12-17)34-2)35-14-16-4-6-19(27)7-5-16/h3-12H,14H2,1-2H3,(H,29,31)/b18-10+. The number of methoxy groups -OCH3 is 1. The lowest BCUT2D eigenvalue weighted by Gasteiger charge is -2.14. The third-order valence-corrected chi connectivity index (χ3v) is 5.41. The quantitative estimate of drug-likeness (QED) is 0.164. The van der Waals surface area contributed by atoms with Crippen molar-refractivity contribution in [3.8, 4) is 17.6 Å². The summed E-state index contributed by atoms with van der Waals surface area (Å²) in [5.41, 5.74) is 1.29. The molecule has 1 N–H and O–H groups in total. The summed E-state index contributed by atoms with van der Waals surface area (Å²) >= 11 is 3.41. The van der Waals surface area contributed by atoms with Gasteiger partial charge in [0.25, 0.3) is 11.6 Å². The normalized spacial score (nSPS) is 10.9. The van der Waals surface area contributed by atoms with Crippen LogP contribution >= 0.6 is 15.9 Å². The van der Waals surface area contributed by atoms with Gasteiger partial charge in [0.1, 0.15) is 29.8 Å². The van der Waals surface area contributed by atoms with Gasteiger partial charge >= 0.3 is 0 Å².